The minimum atomic E-state index is -0.580. The van der Waals surface area contributed by atoms with E-state index in [0.717, 1.165) is 5.56 Å². The number of amides is 1. The number of benzene rings is 1. The Morgan fingerprint density at radius 1 is 1.22 bits per heavy atom. The van der Waals surface area contributed by atoms with Gasteiger partial charge in [-0.05, 0) is 33.4 Å². The lowest BCUT2D eigenvalue weighted by Crippen LogP contribution is -2.45. The molecule has 1 aromatic carbocycles. The van der Waals surface area contributed by atoms with E-state index in [0.29, 0.717) is 6.54 Å². The summed E-state index contributed by atoms with van der Waals surface area (Å²) in [4.78, 5) is 25.9. The highest BCUT2D eigenvalue weighted by Gasteiger charge is 2.26. The largest absolute Gasteiger partial charge is 0.460 e. The van der Waals surface area contributed by atoms with Gasteiger partial charge in [0.2, 0.25) is 5.91 Å². The van der Waals surface area contributed by atoms with Gasteiger partial charge >= 0.3 is 5.97 Å². The Balaban J connectivity index is 0.00000484. The van der Waals surface area contributed by atoms with E-state index in [2.05, 4.69) is 5.32 Å². The number of hydrogen-bond donors (Lipinski definition) is 1. The summed E-state index contributed by atoms with van der Waals surface area (Å²) in [5, 5.41) is 2.89. The first-order valence-electron chi connectivity index (χ1n) is 7.41. The third kappa shape index (κ3) is 8.00. The lowest BCUT2D eigenvalue weighted by molar-refractivity contribution is -0.157. The minimum absolute atomic E-state index is 0. The number of nitrogens with one attached hydrogen (secondary N) is 1. The summed E-state index contributed by atoms with van der Waals surface area (Å²) in [6, 6.07) is 9.15. The number of likely N-dealkylation sites (N-methyl/N-ethyl adjacent to an activating group) is 2. The highest BCUT2D eigenvalue weighted by atomic mass is 35.5. The normalized spacial score (nSPS) is 12.0. The smallest absolute Gasteiger partial charge is 0.308 e. The maximum Gasteiger partial charge on any atom is 0.308 e. The van der Waals surface area contributed by atoms with Crippen LogP contribution < -0.4 is 5.32 Å². The first-order valence-corrected chi connectivity index (χ1v) is 7.41. The van der Waals surface area contributed by atoms with Crippen molar-refractivity contribution in [2.24, 2.45) is 0 Å². The molecule has 130 valence electrons. The Morgan fingerprint density at radius 3 is 2.26 bits per heavy atom. The molecule has 0 radical (unpaired) electrons. The molecule has 0 aromatic heterocycles. The number of esters is 1. The van der Waals surface area contributed by atoms with Crippen LogP contribution in [0.4, 0.5) is 0 Å². The third-order valence-corrected chi connectivity index (χ3v) is 3.08. The van der Waals surface area contributed by atoms with E-state index >= 15 is 0 Å². The molecule has 0 saturated carbocycles. The second kappa shape index (κ2) is 9.53. The molecule has 0 unspecified atom stereocenters. The molecule has 0 bridgehead atoms. The molecule has 5 nitrogen and oxygen atoms in total. The van der Waals surface area contributed by atoms with Gasteiger partial charge in [-0.15, -0.1) is 12.4 Å². The summed E-state index contributed by atoms with van der Waals surface area (Å²) in [6.07, 6.45) is 0.0196. The molecule has 0 heterocycles. The monoisotopic (exact) mass is 342 g/mol. The summed E-state index contributed by atoms with van der Waals surface area (Å²) in [5.41, 5.74) is 0.499. The van der Waals surface area contributed by atoms with Crippen LogP contribution in [0.1, 0.15) is 32.8 Å². The van der Waals surface area contributed by atoms with Gasteiger partial charge in [0, 0.05) is 13.6 Å². The van der Waals surface area contributed by atoms with Crippen LogP contribution in [-0.2, 0) is 20.9 Å². The zero-order chi connectivity index (χ0) is 16.8. The topological polar surface area (TPSA) is 58.6 Å². The standard InChI is InChI=1S/C17H26N2O3.ClH/c1-17(2,3)22-15(20)11-14(18-4)16(21)19(5)12-13-9-7-6-8-10-13;/h6-10,14,18H,11-12H2,1-5H3;1H/t14-;/m0./s1. The van der Waals surface area contributed by atoms with E-state index < -0.39 is 11.6 Å². The Kier molecular flexibility index (Phi) is 8.87. The number of hydrogen-bond acceptors (Lipinski definition) is 4. The highest BCUT2D eigenvalue weighted by Crippen LogP contribution is 2.11. The van der Waals surface area contributed by atoms with E-state index in [-0.39, 0.29) is 30.7 Å². The van der Waals surface area contributed by atoms with Gasteiger partial charge in [0.1, 0.15) is 5.60 Å². The Hall–Kier alpha value is -1.59. The van der Waals surface area contributed by atoms with Crippen molar-refractivity contribution in [1.29, 1.82) is 0 Å². The number of rotatable bonds is 6. The second-order valence-electron chi connectivity index (χ2n) is 6.31. The number of carbonyl (C=O) groups excluding carboxylic acids is 2. The lowest BCUT2D eigenvalue weighted by Gasteiger charge is -2.25. The van der Waals surface area contributed by atoms with Gasteiger partial charge in [-0.1, -0.05) is 30.3 Å². The Morgan fingerprint density at radius 2 is 1.78 bits per heavy atom. The molecule has 0 saturated heterocycles. The van der Waals surface area contributed by atoms with Gasteiger partial charge in [0.15, 0.2) is 0 Å². The predicted octanol–water partition coefficient (Wildman–Crippen LogP) is 2.39. The number of carbonyl (C=O) groups is 2. The molecule has 0 aliphatic heterocycles. The zero-order valence-electron chi connectivity index (χ0n) is 14.5. The van der Waals surface area contributed by atoms with Gasteiger partial charge < -0.3 is 15.0 Å². The Labute approximate surface area is 144 Å². The van der Waals surface area contributed by atoms with E-state index in [1.165, 1.54) is 0 Å². The van der Waals surface area contributed by atoms with Crippen molar-refractivity contribution in [3.63, 3.8) is 0 Å². The van der Waals surface area contributed by atoms with Crippen LogP contribution in [0, 0.1) is 0 Å². The summed E-state index contributed by atoms with van der Waals surface area (Å²) in [7, 11) is 3.40. The van der Waals surface area contributed by atoms with Crippen molar-refractivity contribution >= 4 is 24.3 Å². The second-order valence-corrected chi connectivity index (χ2v) is 6.31. The molecule has 23 heavy (non-hydrogen) atoms. The molecule has 1 aromatic rings. The fourth-order valence-corrected chi connectivity index (χ4v) is 2.06. The maximum absolute atomic E-state index is 12.4. The van der Waals surface area contributed by atoms with Gasteiger partial charge in [-0.25, -0.2) is 0 Å². The quantitative estimate of drug-likeness (QED) is 0.806. The molecule has 6 heteroatoms. The SMILES string of the molecule is CN[C@@H](CC(=O)OC(C)(C)C)C(=O)N(C)Cc1ccccc1.Cl. The fraction of sp³-hybridized carbons (Fsp3) is 0.529. The van der Waals surface area contributed by atoms with Crippen LogP contribution in [0.2, 0.25) is 0 Å². The van der Waals surface area contributed by atoms with Crippen LogP contribution in [0.25, 0.3) is 0 Å². The summed E-state index contributed by atoms with van der Waals surface area (Å²) in [5.74, 6) is -0.509. The van der Waals surface area contributed by atoms with Crippen LogP contribution in [0.5, 0.6) is 0 Å². The average molecular weight is 343 g/mol. The number of ether oxygens (including phenoxy) is 1. The molecule has 0 aliphatic rings. The molecule has 0 spiro atoms. The first kappa shape index (κ1) is 21.4. The predicted molar refractivity (Wildman–Crippen MR) is 93.5 cm³/mol. The molecule has 0 fully saturated rings. The molecule has 1 amide bonds. The van der Waals surface area contributed by atoms with Gasteiger partial charge in [0.25, 0.3) is 0 Å². The number of nitrogens with zero attached hydrogens (tertiary/aromatic N) is 1. The molecule has 1 N–H and O–H groups in total. The number of halogens is 1. The van der Waals surface area contributed by atoms with E-state index in [9.17, 15) is 9.59 Å². The molecular weight excluding hydrogens is 316 g/mol. The third-order valence-electron chi connectivity index (χ3n) is 3.08. The van der Waals surface area contributed by atoms with Crippen molar-refractivity contribution in [1.82, 2.24) is 10.2 Å². The highest BCUT2D eigenvalue weighted by molar-refractivity contribution is 5.86. The van der Waals surface area contributed by atoms with Crippen molar-refractivity contribution in [2.75, 3.05) is 14.1 Å². The van der Waals surface area contributed by atoms with Crippen LogP contribution >= 0.6 is 12.4 Å². The van der Waals surface area contributed by atoms with Crippen molar-refractivity contribution in [3.05, 3.63) is 35.9 Å². The molecule has 1 atom stereocenters. The van der Waals surface area contributed by atoms with Crippen LogP contribution in [0.15, 0.2) is 30.3 Å². The van der Waals surface area contributed by atoms with Crippen molar-refractivity contribution < 1.29 is 14.3 Å². The molecule has 1 rings (SSSR count). The molecule has 0 aliphatic carbocycles. The van der Waals surface area contributed by atoms with Crippen LogP contribution in [-0.4, -0.2) is 42.5 Å². The van der Waals surface area contributed by atoms with Gasteiger partial charge in [-0.3, -0.25) is 9.59 Å². The van der Waals surface area contributed by atoms with E-state index in [4.69, 9.17) is 4.74 Å². The van der Waals surface area contributed by atoms with Gasteiger partial charge in [-0.2, -0.15) is 0 Å². The lowest BCUT2D eigenvalue weighted by atomic mass is 10.1. The van der Waals surface area contributed by atoms with Gasteiger partial charge in [0.05, 0.1) is 12.5 Å². The minimum Gasteiger partial charge on any atom is -0.460 e. The van der Waals surface area contributed by atoms with E-state index in [1.54, 1.807) is 19.0 Å². The summed E-state index contributed by atoms with van der Waals surface area (Å²) < 4.78 is 5.27. The zero-order valence-corrected chi connectivity index (χ0v) is 15.3. The Bertz CT molecular complexity index is 500. The summed E-state index contributed by atoms with van der Waals surface area (Å²) >= 11 is 0. The average Bonchev–Trinajstić information content (AvgIpc) is 2.43. The summed E-state index contributed by atoms with van der Waals surface area (Å²) in [6.45, 7) is 5.93. The van der Waals surface area contributed by atoms with E-state index in [1.807, 2.05) is 51.1 Å². The van der Waals surface area contributed by atoms with Crippen LogP contribution in [0.3, 0.4) is 0 Å². The molecular formula is C17H27ClN2O3. The van der Waals surface area contributed by atoms with Crippen molar-refractivity contribution in [2.45, 2.75) is 45.4 Å². The van der Waals surface area contributed by atoms with Crippen molar-refractivity contribution in [3.8, 4) is 0 Å². The maximum atomic E-state index is 12.4. The fourth-order valence-electron chi connectivity index (χ4n) is 2.06. The first-order chi connectivity index (χ1) is 10.2.